The fraction of sp³-hybridized carbons (Fsp3) is 0.917. The number of nitrogens with one attached hydrogen (secondary N) is 1. The summed E-state index contributed by atoms with van der Waals surface area (Å²) in [6.45, 7) is 8.22. The molecule has 0 aliphatic heterocycles. The summed E-state index contributed by atoms with van der Waals surface area (Å²) in [6, 6.07) is -0.435. The Morgan fingerprint density at radius 2 is 1.88 bits per heavy atom. The van der Waals surface area contributed by atoms with Crippen molar-refractivity contribution in [2.45, 2.75) is 52.6 Å². The maximum absolute atomic E-state index is 11.8. The van der Waals surface area contributed by atoms with Crippen molar-refractivity contribution in [1.82, 2.24) is 5.32 Å². The third-order valence-corrected chi connectivity index (χ3v) is 2.63. The lowest BCUT2D eigenvalue weighted by atomic mass is 9.99. The van der Waals surface area contributed by atoms with Crippen LogP contribution in [0.3, 0.4) is 0 Å². The quantitative estimate of drug-likeness (QED) is 0.608. The summed E-state index contributed by atoms with van der Waals surface area (Å²) < 4.78 is 0. The van der Waals surface area contributed by atoms with Crippen LogP contribution in [-0.2, 0) is 4.79 Å². The molecule has 2 atom stereocenters. The fourth-order valence-corrected chi connectivity index (χ4v) is 1.62. The van der Waals surface area contributed by atoms with Gasteiger partial charge in [-0.1, -0.05) is 27.7 Å². The SMILES string of the molecule is CC(C)CC(N)C(=O)NC(CCO)C(C)C. The van der Waals surface area contributed by atoms with E-state index in [1.165, 1.54) is 0 Å². The fourth-order valence-electron chi connectivity index (χ4n) is 1.62. The van der Waals surface area contributed by atoms with E-state index in [0.29, 0.717) is 24.7 Å². The van der Waals surface area contributed by atoms with Gasteiger partial charge in [0.1, 0.15) is 0 Å². The summed E-state index contributed by atoms with van der Waals surface area (Å²) in [5, 5.41) is 11.8. The van der Waals surface area contributed by atoms with Gasteiger partial charge >= 0.3 is 0 Å². The monoisotopic (exact) mass is 230 g/mol. The first-order valence-corrected chi connectivity index (χ1v) is 6.05. The largest absolute Gasteiger partial charge is 0.396 e. The molecule has 0 spiro atoms. The van der Waals surface area contributed by atoms with Gasteiger partial charge in [-0.15, -0.1) is 0 Å². The third-order valence-electron chi connectivity index (χ3n) is 2.63. The van der Waals surface area contributed by atoms with Gasteiger partial charge in [-0.2, -0.15) is 0 Å². The number of rotatable bonds is 7. The second-order valence-corrected chi connectivity index (χ2v) is 5.11. The maximum Gasteiger partial charge on any atom is 0.237 e. The zero-order chi connectivity index (χ0) is 12.7. The van der Waals surface area contributed by atoms with Gasteiger partial charge < -0.3 is 16.2 Å². The zero-order valence-electron chi connectivity index (χ0n) is 10.9. The second kappa shape index (κ2) is 7.63. The third kappa shape index (κ3) is 6.08. The molecule has 2 unspecified atom stereocenters. The van der Waals surface area contributed by atoms with E-state index in [1.54, 1.807) is 0 Å². The van der Waals surface area contributed by atoms with Crippen LogP contribution >= 0.6 is 0 Å². The Morgan fingerprint density at radius 1 is 1.31 bits per heavy atom. The standard InChI is InChI=1S/C12H26N2O2/c1-8(2)7-10(13)12(16)14-11(5-6-15)9(3)4/h8-11,15H,5-7,13H2,1-4H3,(H,14,16). The molecule has 0 aromatic carbocycles. The first kappa shape index (κ1) is 15.4. The van der Waals surface area contributed by atoms with E-state index < -0.39 is 6.04 Å². The number of nitrogens with two attached hydrogens (primary N) is 1. The molecule has 0 aliphatic rings. The molecule has 96 valence electrons. The highest BCUT2D eigenvalue weighted by Crippen LogP contribution is 2.07. The van der Waals surface area contributed by atoms with Crippen molar-refractivity contribution < 1.29 is 9.90 Å². The number of aliphatic hydroxyl groups is 1. The molecule has 0 rings (SSSR count). The van der Waals surface area contributed by atoms with E-state index in [4.69, 9.17) is 10.8 Å². The molecule has 4 nitrogen and oxygen atoms in total. The minimum Gasteiger partial charge on any atom is -0.396 e. The average molecular weight is 230 g/mol. The summed E-state index contributed by atoms with van der Waals surface area (Å²) in [4.78, 5) is 11.8. The predicted octanol–water partition coefficient (Wildman–Crippen LogP) is 0.883. The highest BCUT2D eigenvalue weighted by molar-refractivity contribution is 5.81. The molecule has 1 amide bonds. The van der Waals surface area contributed by atoms with Gasteiger partial charge in [-0.3, -0.25) is 4.79 Å². The molecule has 4 heteroatoms. The predicted molar refractivity (Wildman–Crippen MR) is 65.9 cm³/mol. The van der Waals surface area contributed by atoms with Crippen LogP contribution < -0.4 is 11.1 Å². The van der Waals surface area contributed by atoms with E-state index in [0.717, 1.165) is 0 Å². The Balaban J connectivity index is 4.17. The molecule has 4 N–H and O–H groups in total. The smallest absolute Gasteiger partial charge is 0.237 e. The molecule has 0 bridgehead atoms. The molecule has 0 radical (unpaired) electrons. The Hall–Kier alpha value is -0.610. The van der Waals surface area contributed by atoms with Crippen LogP contribution in [0.15, 0.2) is 0 Å². The molecule has 0 aromatic heterocycles. The van der Waals surface area contributed by atoms with Crippen molar-refractivity contribution in [3.63, 3.8) is 0 Å². The first-order valence-electron chi connectivity index (χ1n) is 6.05. The van der Waals surface area contributed by atoms with E-state index in [-0.39, 0.29) is 18.6 Å². The summed E-state index contributed by atoms with van der Waals surface area (Å²) in [5.41, 5.74) is 5.79. The first-order chi connectivity index (χ1) is 7.38. The van der Waals surface area contributed by atoms with Gasteiger partial charge in [0, 0.05) is 12.6 Å². The van der Waals surface area contributed by atoms with Gasteiger partial charge in [-0.05, 0) is 24.7 Å². The number of aliphatic hydroxyl groups excluding tert-OH is 1. The Kier molecular flexibility index (Phi) is 7.34. The molecular formula is C12H26N2O2. The molecule has 0 heterocycles. The van der Waals surface area contributed by atoms with Crippen LogP contribution in [0.5, 0.6) is 0 Å². The molecule has 0 aromatic rings. The Labute approximate surface area is 98.6 Å². The topological polar surface area (TPSA) is 75.4 Å². The zero-order valence-corrected chi connectivity index (χ0v) is 10.9. The lowest BCUT2D eigenvalue weighted by Gasteiger charge is -2.24. The lowest BCUT2D eigenvalue weighted by Crippen LogP contribution is -2.47. The van der Waals surface area contributed by atoms with Gasteiger partial charge in [0.15, 0.2) is 0 Å². The van der Waals surface area contributed by atoms with Gasteiger partial charge in [0.05, 0.1) is 6.04 Å². The van der Waals surface area contributed by atoms with Crippen molar-refractivity contribution >= 4 is 5.91 Å². The average Bonchev–Trinajstić information content (AvgIpc) is 2.15. The van der Waals surface area contributed by atoms with Crippen LogP contribution in [0, 0.1) is 11.8 Å². The van der Waals surface area contributed by atoms with Crippen LogP contribution in [-0.4, -0.2) is 29.7 Å². The van der Waals surface area contributed by atoms with Crippen LogP contribution in [0.4, 0.5) is 0 Å². The Bertz CT molecular complexity index is 205. The number of hydrogen-bond donors (Lipinski definition) is 3. The van der Waals surface area contributed by atoms with Crippen LogP contribution in [0.25, 0.3) is 0 Å². The van der Waals surface area contributed by atoms with E-state index in [2.05, 4.69) is 5.32 Å². The van der Waals surface area contributed by atoms with E-state index in [9.17, 15) is 4.79 Å². The number of carbonyl (C=O) groups is 1. The van der Waals surface area contributed by atoms with Crippen molar-refractivity contribution in [2.75, 3.05) is 6.61 Å². The van der Waals surface area contributed by atoms with Crippen molar-refractivity contribution in [1.29, 1.82) is 0 Å². The molecule has 0 saturated carbocycles. The van der Waals surface area contributed by atoms with Gasteiger partial charge in [-0.25, -0.2) is 0 Å². The van der Waals surface area contributed by atoms with Crippen LogP contribution in [0.2, 0.25) is 0 Å². The minimum absolute atomic E-state index is 0.00992. The lowest BCUT2D eigenvalue weighted by molar-refractivity contribution is -0.123. The summed E-state index contributed by atoms with van der Waals surface area (Å²) >= 11 is 0. The van der Waals surface area contributed by atoms with E-state index in [1.807, 2.05) is 27.7 Å². The van der Waals surface area contributed by atoms with E-state index >= 15 is 0 Å². The molecule has 16 heavy (non-hydrogen) atoms. The summed E-state index contributed by atoms with van der Waals surface area (Å²) in [6.07, 6.45) is 1.27. The van der Waals surface area contributed by atoms with Crippen LogP contribution in [0.1, 0.15) is 40.5 Å². The van der Waals surface area contributed by atoms with Crippen molar-refractivity contribution in [3.8, 4) is 0 Å². The normalized spacial score (nSPS) is 15.2. The second-order valence-electron chi connectivity index (χ2n) is 5.11. The molecule has 0 aliphatic carbocycles. The molecule has 0 saturated heterocycles. The minimum atomic E-state index is -0.444. The number of carbonyl (C=O) groups excluding carboxylic acids is 1. The maximum atomic E-state index is 11.8. The number of hydrogen-bond acceptors (Lipinski definition) is 3. The highest BCUT2D eigenvalue weighted by Gasteiger charge is 2.20. The van der Waals surface area contributed by atoms with Gasteiger partial charge in [0.25, 0.3) is 0 Å². The molecule has 0 fully saturated rings. The van der Waals surface area contributed by atoms with Crippen molar-refractivity contribution in [3.05, 3.63) is 0 Å². The van der Waals surface area contributed by atoms with Crippen molar-refractivity contribution in [2.24, 2.45) is 17.6 Å². The number of amides is 1. The van der Waals surface area contributed by atoms with Gasteiger partial charge in [0.2, 0.25) is 5.91 Å². The summed E-state index contributed by atoms with van der Waals surface area (Å²) in [5.74, 6) is 0.610. The highest BCUT2D eigenvalue weighted by atomic mass is 16.3. The Morgan fingerprint density at radius 3 is 2.25 bits per heavy atom. The summed E-state index contributed by atoms with van der Waals surface area (Å²) in [7, 11) is 0. The molecular weight excluding hydrogens is 204 g/mol.